The van der Waals surface area contributed by atoms with E-state index in [1.165, 1.54) is 14.2 Å². The minimum absolute atomic E-state index is 0.242. The highest BCUT2D eigenvalue weighted by Gasteiger charge is 2.17. The summed E-state index contributed by atoms with van der Waals surface area (Å²) in [5.74, 6) is 0.793. The molecule has 2 aromatic rings. The number of ether oxygens (including phenoxy) is 2. The maximum atomic E-state index is 12.6. The minimum atomic E-state index is -3.25. The highest BCUT2D eigenvalue weighted by Crippen LogP contribution is 2.24. The maximum Gasteiger partial charge on any atom is 0.252 e. The van der Waals surface area contributed by atoms with E-state index in [-0.39, 0.29) is 16.8 Å². The van der Waals surface area contributed by atoms with Crippen LogP contribution in [0.4, 0.5) is 0 Å². The summed E-state index contributed by atoms with van der Waals surface area (Å²) in [5.41, 5.74) is 1.26. The molecule has 2 rings (SSSR count). The normalized spacial score (nSPS) is 12.3. The largest absolute Gasteiger partial charge is 0.497 e. The van der Waals surface area contributed by atoms with E-state index >= 15 is 0 Å². The number of hydrogen-bond acceptors (Lipinski definition) is 5. The van der Waals surface area contributed by atoms with Crippen LogP contribution in [0.25, 0.3) is 0 Å². The Hall–Kier alpha value is -2.54. The van der Waals surface area contributed by atoms with Crippen molar-refractivity contribution in [3.63, 3.8) is 0 Å². The highest BCUT2D eigenvalue weighted by atomic mass is 32.2. The first kappa shape index (κ1) is 19.8. The Morgan fingerprint density at radius 2 is 1.58 bits per heavy atom. The number of rotatable bonds is 7. The van der Waals surface area contributed by atoms with Gasteiger partial charge in [0.2, 0.25) is 0 Å². The zero-order valence-corrected chi connectivity index (χ0v) is 16.1. The Bertz CT molecular complexity index is 853. The summed E-state index contributed by atoms with van der Waals surface area (Å²) in [6.07, 6.45) is 1.82. The van der Waals surface area contributed by atoms with Crippen molar-refractivity contribution in [3.8, 4) is 11.5 Å². The van der Waals surface area contributed by atoms with Gasteiger partial charge < -0.3 is 14.8 Å². The fourth-order valence-electron chi connectivity index (χ4n) is 2.55. The molecule has 6 nitrogen and oxygen atoms in total. The molecule has 0 saturated carbocycles. The van der Waals surface area contributed by atoms with Crippen LogP contribution in [0.1, 0.15) is 35.3 Å². The van der Waals surface area contributed by atoms with E-state index in [0.29, 0.717) is 23.5 Å². The van der Waals surface area contributed by atoms with Crippen molar-refractivity contribution in [1.82, 2.24) is 5.32 Å². The van der Waals surface area contributed by atoms with Gasteiger partial charge in [0.05, 0.1) is 25.2 Å². The molecule has 0 spiro atoms. The van der Waals surface area contributed by atoms with Gasteiger partial charge in [0, 0.05) is 17.9 Å². The molecule has 0 aliphatic carbocycles. The van der Waals surface area contributed by atoms with Gasteiger partial charge in [0.15, 0.2) is 9.84 Å². The maximum absolute atomic E-state index is 12.6. The van der Waals surface area contributed by atoms with Gasteiger partial charge >= 0.3 is 0 Å². The fraction of sp³-hybridized carbons (Fsp3) is 0.316. The molecule has 1 amide bonds. The van der Waals surface area contributed by atoms with Crippen molar-refractivity contribution >= 4 is 15.7 Å². The molecule has 0 heterocycles. The quantitative estimate of drug-likeness (QED) is 0.802. The molecule has 1 N–H and O–H groups in total. The number of hydrogen-bond donors (Lipinski definition) is 1. The second-order valence-electron chi connectivity index (χ2n) is 5.88. The van der Waals surface area contributed by atoms with E-state index in [0.717, 1.165) is 11.8 Å². The van der Waals surface area contributed by atoms with Crippen molar-refractivity contribution in [2.75, 3.05) is 20.5 Å². The predicted octanol–water partition coefficient (Wildman–Crippen LogP) is 2.99. The first-order valence-corrected chi connectivity index (χ1v) is 10.0. The molecule has 7 heteroatoms. The third-order valence-corrected chi connectivity index (χ3v) is 5.17. The van der Waals surface area contributed by atoms with E-state index in [4.69, 9.17) is 9.47 Å². The summed E-state index contributed by atoms with van der Waals surface area (Å²) in [6, 6.07) is 11.3. The third kappa shape index (κ3) is 4.76. The van der Waals surface area contributed by atoms with Crippen LogP contribution in [0, 0.1) is 0 Å². The monoisotopic (exact) mass is 377 g/mol. The molecule has 0 radical (unpaired) electrons. The van der Waals surface area contributed by atoms with Gasteiger partial charge in [-0.3, -0.25) is 4.79 Å². The Morgan fingerprint density at radius 1 is 1.04 bits per heavy atom. The topological polar surface area (TPSA) is 81.7 Å². The summed E-state index contributed by atoms with van der Waals surface area (Å²) < 4.78 is 33.5. The van der Waals surface area contributed by atoms with E-state index in [9.17, 15) is 13.2 Å². The lowest BCUT2D eigenvalue weighted by atomic mass is 10.0. The van der Waals surface area contributed by atoms with Gasteiger partial charge in [-0.25, -0.2) is 8.42 Å². The average molecular weight is 377 g/mol. The molecule has 0 aromatic heterocycles. The van der Waals surface area contributed by atoms with Crippen LogP contribution in [0.5, 0.6) is 11.5 Å². The minimum Gasteiger partial charge on any atom is -0.497 e. The van der Waals surface area contributed by atoms with E-state index < -0.39 is 9.84 Å². The smallest absolute Gasteiger partial charge is 0.252 e. The first-order chi connectivity index (χ1) is 12.3. The van der Waals surface area contributed by atoms with Crippen LogP contribution < -0.4 is 14.8 Å². The first-order valence-electron chi connectivity index (χ1n) is 8.12. The van der Waals surface area contributed by atoms with E-state index in [2.05, 4.69) is 5.32 Å². The SMILES string of the molecule is CC[C@@H](NC(=O)c1cc(OC)cc(OC)c1)c1ccc(S(C)(=O)=O)cc1. The Kier molecular flexibility index (Phi) is 6.26. The summed E-state index contributed by atoms with van der Waals surface area (Å²) in [6.45, 7) is 1.95. The zero-order valence-electron chi connectivity index (χ0n) is 15.3. The number of carbonyl (C=O) groups is 1. The van der Waals surface area contributed by atoms with Crippen molar-refractivity contribution in [2.45, 2.75) is 24.3 Å². The van der Waals surface area contributed by atoms with Crippen LogP contribution in [0.2, 0.25) is 0 Å². The fourth-order valence-corrected chi connectivity index (χ4v) is 3.18. The second kappa shape index (κ2) is 8.23. The van der Waals surface area contributed by atoms with Crippen molar-refractivity contribution in [2.24, 2.45) is 0 Å². The molecule has 26 heavy (non-hydrogen) atoms. The number of carbonyl (C=O) groups excluding carboxylic acids is 1. The number of methoxy groups -OCH3 is 2. The van der Waals surface area contributed by atoms with Crippen LogP contribution in [-0.4, -0.2) is 34.8 Å². The van der Waals surface area contributed by atoms with E-state index in [1.54, 1.807) is 42.5 Å². The summed E-state index contributed by atoms with van der Waals surface area (Å²) in [5, 5.41) is 2.96. The molecule has 0 unspecified atom stereocenters. The van der Waals surface area contributed by atoms with Crippen molar-refractivity contribution in [1.29, 1.82) is 0 Å². The lowest BCUT2D eigenvalue weighted by Gasteiger charge is -2.18. The number of sulfone groups is 1. The van der Waals surface area contributed by atoms with Gasteiger partial charge in [-0.05, 0) is 36.2 Å². The van der Waals surface area contributed by atoms with Gasteiger partial charge in [-0.15, -0.1) is 0 Å². The van der Waals surface area contributed by atoms with Crippen molar-refractivity contribution < 1.29 is 22.7 Å². The zero-order chi connectivity index (χ0) is 19.3. The lowest BCUT2D eigenvalue weighted by Crippen LogP contribution is -2.28. The average Bonchev–Trinajstić information content (AvgIpc) is 2.64. The van der Waals surface area contributed by atoms with Crippen LogP contribution in [-0.2, 0) is 9.84 Å². The predicted molar refractivity (Wildman–Crippen MR) is 99.6 cm³/mol. The molecule has 2 aromatic carbocycles. The van der Waals surface area contributed by atoms with Crippen LogP contribution in [0.3, 0.4) is 0 Å². The van der Waals surface area contributed by atoms with Gasteiger partial charge in [-0.1, -0.05) is 19.1 Å². The van der Waals surface area contributed by atoms with Gasteiger partial charge in [0.1, 0.15) is 11.5 Å². The molecular weight excluding hydrogens is 354 g/mol. The van der Waals surface area contributed by atoms with Gasteiger partial charge in [0.25, 0.3) is 5.91 Å². The third-order valence-electron chi connectivity index (χ3n) is 4.04. The molecule has 0 aliphatic rings. The molecule has 1 atom stereocenters. The number of benzene rings is 2. The highest BCUT2D eigenvalue weighted by molar-refractivity contribution is 7.90. The van der Waals surface area contributed by atoms with Gasteiger partial charge in [-0.2, -0.15) is 0 Å². The molecule has 0 saturated heterocycles. The molecule has 140 valence electrons. The standard InChI is InChI=1S/C19H23NO5S/c1-5-18(13-6-8-17(9-7-13)26(4,22)23)20-19(21)14-10-15(24-2)12-16(11-14)25-3/h6-12,18H,5H2,1-4H3,(H,20,21)/t18-/m1/s1. The molecule has 0 bridgehead atoms. The number of nitrogens with one attached hydrogen (secondary N) is 1. The van der Waals surface area contributed by atoms with Crippen molar-refractivity contribution in [3.05, 3.63) is 53.6 Å². The Morgan fingerprint density at radius 3 is 2.00 bits per heavy atom. The summed E-state index contributed by atoms with van der Waals surface area (Å²) in [7, 11) is -0.204. The molecule has 0 fully saturated rings. The van der Waals surface area contributed by atoms with E-state index in [1.807, 2.05) is 6.92 Å². The van der Waals surface area contributed by atoms with Crippen LogP contribution >= 0.6 is 0 Å². The van der Waals surface area contributed by atoms with Crippen LogP contribution in [0.15, 0.2) is 47.4 Å². The Balaban J connectivity index is 2.23. The molecule has 0 aliphatic heterocycles. The number of amides is 1. The molecular formula is C19H23NO5S. The summed E-state index contributed by atoms with van der Waals surface area (Å²) >= 11 is 0. The summed E-state index contributed by atoms with van der Waals surface area (Å²) in [4.78, 5) is 12.9. The lowest BCUT2D eigenvalue weighted by molar-refractivity contribution is 0.0935. The Labute approximate surface area is 154 Å². The second-order valence-corrected chi connectivity index (χ2v) is 7.89.